The number of hydrogen-bond acceptors (Lipinski definition) is 5. The van der Waals surface area contributed by atoms with E-state index >= 15 is 0 Å². The third-order valence-electron chi connectivity index (χ3n) is 5.44. The number of fused-ring (bicyclic) bond motifs is 1. The van der Waals surface area contributed by atoms with E-state index in [9.17, 15) is 4.79 Å². The average Bonchev–Trinajstić information content (AvgIpc) is 2.90. The van der Waals surface area contributed by atoms with Crippen molar-refractivity contribution in [2.24, 2.45) is 0 Å². The Morgan fingerprint density at radius 2 is 1.77 bits per heavy atom. The summed E-state index contributed by atoms with van der Waals surface area (Å²) >= 11 is 0. The van der Waals surface area contributed by atoms with E-state index in [0.29, 0.717) is 13.2 Å². The molecule has 160 valence electrons. The van der Waals surface area contributed by atoms with E-state index in [4.69, 9.17) is 14.2 Å². The Balaban J connectivity index is 1.56. The molecule has 2 aliphatic rings. The van der Waals surface area contributed by atoms with Crippen LogP contribution in [0, 0.1) is 0 Å². The molecule has 2 aliphatic heterocycles. The van der Waals surface area contributed by atoms with Crippen LogP contribution in [0.1, 0.15) is 19.4 Å². The molecule has 0 unspecified atom stereocenters. The van der Waals surface area contributed by atoms with Crippen LogP contribution in [0.25, 0.3) is 11.1 Å². The van der Waals surface area contributed by atoms with Gasteiger partial charge in [-0.2, -0.15) is 0 Å². The SMILES string of the molecule is CC(C)Oc1cccc(-c2ccc3c(c2)COCC(=O)N3CCN2CCOCC2)c1. The molecular formula is C24H30N2O4. The summed E-state index contributed by atoms with van der Waals surface area (Å²) in [6.07, 6.45) is 0.131. The number of benzene rings is 2. The summed E-state index contributed by atoms with van der Waals surface area (Å²) < 4.78 is 16.9. The van der Waals surface area contributed by atoms with Crippen LogP contribution in [-0.2, 0) is 20.9 Å². The smallest absolute Gasteiger partial charge is 0.253 e. The fourth-order valence-electron chi connectivity index (χ4n) is 3.94. The predicted octanol–water partition coefficient (Wildman–Crippen LogP) is 3.34. The van der Waals surface area contributed by atoms with E-state index in [-0.39, 0.29) is 18.6 Å². The van der Waals surface area contributed by atoms with Gasteiger partial charge in [-0.1, -0.05) is 18.2 Å². The van der Waals surface area contributed by atoms with E-state index in [0.717, 1.165) is 61.0 Å². The molecular weight excluding hydrogens is 380 g/mol. The zero-order valence-electron chi connectivity index (χ0n) is 17.8. The zero-order chi connectivity index (χ0) is 20.9. The van der Waals surface area contributed by atoms with Gasteiger partial charge in [-0.15, -0.1) is 0 Å². The molecule has 0 radical (unpaired) electrons. The highest BCUT2D eigenvalue weighted by Crippen LogP contribution is 2.31. The van der Waals surface area contributed by atoms with Gasteiger partial charge in [0.05, 0.1) is 25.9 Å². The number of anilines is 1. The van der Waals surface area contributed by atoms with Crippen LogP contribution in [0.5, 0.6) is 5.75 Å². The fraction of sp³-hybridized carbons (Fsp3) is 0.458. The van der Waals surface area contributed by atoms with E-state index < -0.39 is 0 Å². The van der Waals surface area contributed by atoms with Gasteiger partial charge in [-0.05, 0) is 49.2 Å². The van der Waals surface area contributed by atoms with Crippen molar-refractivity contribution in [3.05, 3.63) is 48.0 Å². The summed E-state index contributed by atoms with van der Waals surface area (Å²) in [5.74, 6) is 0.873. The summed E-state index contributed by atoms with van der Waals surface area (Å²) in [4.78, 5) is 16.9. The number of nitrogens with zero attached hydrogens (tertiary/aromatic N) is 2. The topological polar surface area (TPSA) is 51.2 Å². The first-order chi connectivity index (χ1) is 14.6. The Kier molecular flexibility index (Phi) is 6.67. The van der Waals surface area contributed by atoms with E-state index in [2.05, 4.69) is 29.2 Å². The minimum Gasteiger partial charge on any atom is -0.491 e. The quantitative estimate of drug-likeness (QED) is 0.731. The second-order valence-electron chi connectivity index (χ2n) is 8.03. The van der Waals surface area contributed by atoms with Gasteiger partial charge in [0.25, 0.3) is 5.91 Å². The molecule has 2 heterocycles. The number of amides is 1. The molecule has 0 aliphatic carbocycles. The van der Waals surface area contributed by atoms with Crippen molar-refractivity contribution in [3.8, 4) is 16.9 Å². The molecule has 1 fully saturated rings. The number of morpholine rings is 1. The maximum absolute atomic E-state index is 12.7. The summed E-state index contributed by atoms with van der Waals surface area (Å²) in [6, 6.07) is 14.4. The zero-order valence-corrected chi connectivity index (χ0v) is 17.8. The summed E-state index contributed by atoms with van der Waals surface area (Å²) in [6.45, 7) is 9.45. The number of ether oxygens (including phenoxy) is 3. The molecule has 2 aromatic carbocycles. The number of rotatable bonds is 6. The summed E-state index contributed by atoms with van der Waals surface area (Å²) in [5, 5.41) is 0. The van der Waals surface area contributed by atoms with E-state index in [1.165, 1.54) is 0 Å². The van der Waals surface area contributed by atoms with Crippen LogP contribution in [0.4, 0.5) is 5.69 Å². The number of carbonyl (C=O) groups is 1. The van der Waals surface area contributed by atoms with Crippen molar-refractivity contribution in [1.82, 2.24) is 4.90 Å². The van der Waals surface area contributed by atoms with Crippen molar-refractivity contribution >= 4 is 11.6 Å². The van der Waals surface area contributed by atoms with Crippen LogP contribution in [-0.4, -0.2) is 62.9 Å². The van der Waals surface area contributed by atoms with Crippen LogP contribution in [0.15, 0.2) is 42.5 Å². The largest absolute Gasteiger partial charge is 0.491 e. The van der Waals surface area contributed by atoms with Gasteiger partial charge in [0.1, 0.15) is 12.4 Å². The second-order valence-corrected chi connectivity index (χ2v) is 8.03. The molecule has 4 rings (SSSR count). The number of hydrogen-bond donors (Lipinski definition) is 0. The molecule has 30 heavy (non-hydrogen) atoms. The maximum Gasteiger partial charge on any atom is 0.253 e. The fourth-order valence-corrected chi connectivity index (χ4v) is 3.94. The maximum atomic E-state index is 12.7. The van der Waals surface area contributed by atoms with Gasteiger partial charge in [0, 0.05) is 37.4 Å². The van der Waals surface area contributed by atoms with Crippen molar-refractivity contribution in [2.75, 3.05) is 50.9 Å². The monoisotopic (exact) mass is 410 g/mol. The van der Waals surface area contributed by atoms with Gasteiger partial charge in [0.15, 0.2) is 0 Å². The van der Waals surface area contributed by atoms with Gasteiger partial charge >= 0.3 is 0 Å². The van der Waals surface area contributed by atoms with Crippen LogP contribution in [0.2, 0.25) is 0 Å². The highest BCUT2D eigenvalue weighted by atomic mass is 16.5. The Bertz CT molecular complexity index is 877. The molecule has 0 bridgehead atoms. The molecule has 6 nitrogen and oxygen atoms in total. The summed E-state index contributed by atoms with van der Waals surface area (Å²) in [7, 11) is 0. The van der Waals surface area contributed by atoms with Crippen LogP contribution in [0.3, 0.4) is 0 Å². The standard InChI is InChI=1S/C24H30N2O4/c1-18(2)30-22-5-3-4-19(15-22)20-6-7-23-21(14-20)16-29-17-24(27)26(23)9-8-25-10-12-28-13-11-25/h3-7,14-15,18H,8-13,16-17H2,1-2H3. The lowest BCUT2D eigenvalue weighted by molar-refractivity contribution is -0.123. The Hall–Kier alpha value is -2.41. The van der Waals surface area contributed by atoms with Crippen LogP contribution < -0.4 is 9.64 Å². The second kappa shape index (κ2) is 9.60. The van der Waals surface area contributed by atoms with Gasteiger partial charge in [0.2, 0.25) is 0 Å². The minimum absolute atomic E-state index is 0.0158. The molecule has 2 aromatic rings. The van der Waals surface area contributed by atoms with E-state index in [1.807, 2.05) is 36.9 Å². The Morgan fingerprint density at radius 3 is 2.57 bits per heavy atom. The minimum atomic E-state index is 0.0158. The molecule has 6 heteroatoms. The lowest BCUT2D eigenvalue weighted by Crippen LogP contribution is -2.43. The third kappa shape index (κ3) is 5.01. The third-order valence-corrected chi connectivity index (χ3v) is 5.44. The van der Waals surface area contributed by atoms with Crippen molar-refractivity contribution in [3.63, 3.8) is 0 Å². The highest BCUT2D eigenvalue weighted by Gasteiger charge is 2.24. The molecule has 1 saturated heterocycles. The average molecular weight is 411 g/mol. The van der Waals surface area contributed by atoms with Gasteiger partial charge in [-0.25, -0.2) is 0 Å². The first-order valence-corrected chi connectivity index (χ1v) is 10.7. The molecule has 0 saturated carbocycles. The first-order valence-electron chi connectivity index (χ1n) is 10.7. The molecule has 0 spiro atoms. The normalized spacial score (nSPS) is 17.7. The Morgan fingerprint density at radius 1 is 0.967 bits per heavy atom. The highest BCUT2D eigenvalue weighted by molar-refractivity contribution is 5.96. The lowest BCUT2D eigenvalue weighted by atomic mass is 10.0. The van der Waals surface area contributed by atoms with E-state index in [1.54, 1.807) is 0 Å². The van der Waals surface area contributed by atoms with Crippen molar-refractivity contribution in [2.45, 2.75) is 26.6 Å². The van der Waals surface area contributed by atoms with Crippen molar-refractivity contribution < 1.29 is 19.0 Å². The first kappa shape index (κ1) is 20.8. The predicted molar refractivity (Wildman–Crippen MR) is 117 cm³/mol. The number of carbonyl (C=O) groups excluding carboxylic acids is 1. The lowest BCUT2D eigenvalue weighted by Gasteiger charge is -2.30. The van der Waals surface area contributed by atoms with Crippen LogP contribution >= 0.6 is 0 Å². The van der Waals surface area contributed by atoms with Gasteiger partial charge in [-0.3, -0.25) is 9.69 Å². The Labute approximate surface area is 178 Å². The molecule has 0 aromatic heterocycles. The molecule has 0 atom stereocenters. The molecule has 0 N–H and O–H groups in total. The molecule has 1 amide bonds. The van der Waals surface area contributed by atoms with Crippen molar-refractivity contribution in [1.29, 1.82) is 0 Å². The summed E-state index contributed by atoms with van der Waals surface area (Å²) in [5.41, 5.74) is 4.17. The van der Waals surface area contributed by atoms with Gasteiger partial charge < -0.3 is 19.1 Å².